The second-order valence-corrected chi connectivity index (χ2v) is 3.68. The van der Waals surface area contributed by atoms with Crippen LogP contribution in [0.4, 0.5) is 0 Å². The Bertz CT molecular complexity index is 269. The molecule has 0 amide bonds. The Labute approximate surface area is 90.3 Å². The second kappa shape index (κ2) is 4.62. The summed E-state index contributed by atoms with van der Waals surface area (Å²) in [6.07, 6.45) is -7.05. The third kappa shape index (κ3) is 2.32. The fraction of sp³-hybridized carbons (Fsp3) is 0.875. The highest BCUT2D eigenvalue weighted by atomic mass is 16.7. The van der Waals surface area contributed by atoms with Crippen LogP contribution < -0.4 is 0 Å². The Hall–Kier alpha value is -0.770. The van der Waals surface area contributed by atoms with Crippen LogP contribution in [0, 0.1) is 0 Å². The summed E-state index contributed by atoms with van der Waals surface area (Å²) in [7, 11) is 0. The zero-order valence-electron chi connectivity index (χ0n) is 8.22. The smallest absolute Gasteiger partial charge is 0.364 e. The molecular weight excluding hydrogens is 224 g/mol. The van der Waals surface area contributed by atoms with E-state index in [1.54, 1.807) is 0 Å². The summed E-state index contributed by atoms with van der Waals surface area (Å²) >= 11 is 0. The number of carboxylic acid groups (broad SMARTS) is 1. The van der Waals surface area contributed by atoms with Gasteiger partial charge in [-0.05, 0) is 0 Å². The molecule has 5 atom stereocenters. The first-order valence-corrected chi connectivity index (χ1v) is 4.60. The maximum absolute atomic E-state index is 10.7. The molecule has 1 unspecified atom stereocenters. The van der Waals surface area contributed by atoms with E-state index in [1.165, 1.54) is 0 Å². The van der Waals surface area contributed by atoms with Crippen LogP contribution in [0.25, 0.3) is 0 Å². The summed E-state index contributed by atoms with van der Waals surface area (Å²) in [6.45, 7) is -0.801. The molecule has 0 radical (unpaired) electrons. The molecule has 0 aromatic carbocycles. The van der Waals surface area contributed by atoms with E-state index in [4.69, 9.17) is 10.2 Å². The first-order valence-electron chi connectivity index (χ1n) is 4.60. The van der Waals surface area contributed by atoms with Crippen LogP contribution >= 0.6 is 0 Å². The van der Waals surface area contributed by atoms with Crippen molar-refractivity contribution in [2.75, 3.05) is 6.61 Å². The molecule has 0 spiro atoms. The third-order valence-corrected chi connectivity index (χ3v) is 2.45. The van der Waals surface area contributed by atoms with Gasteiger partial charge < -0.3 is 35.4 Å². The van der Waals surface area contributed by atoms with E-state index in [-0.39, 0.29) is 0 Å². The molecule has 0 aliphatic carbocycles. The topological polar surface area (TPSA) is 148 Å². The third-order valence-electron chi connectivity index (χ3n) is 2.45. The lowest BCUT2D eigenvalue weighted by Gasteiger charge is -2.41. The minimum Gasteiger partial charge on any atom is -0.477 e. The lowest BCUT2D eigenvalue weighted by Crippen LogP contribution is -2.61. The van der Waals surface area contributed by atoms with Crippen LogP contribution in [0.3, 0.4) is 0 Å². The molecular formula is C8H14O8. The van der Waals surface area contributed by atoms with Gasteiger partial charge >= 0.3 is 5.97 Å². The molecule has 1 heterocycles. The normalized spacial score (nSPS) is 41.7. The average molecular weight is 238 g/mol. The average Bonchev–Trinajstić information content (AvgIpc) is 2.22. The fourth-order valence-electron chi connectivity index (χ4n) is 1.51. The number of aliphatic hydroxyl groups excluding tert-OH is 4. The van der Waals surface area contributed by atoms with Crippen LogP contribution in [0.1, 0.15) is 6.42 Å². The van der Waals surface area contributed by atoms with Crippen molar-refractivity contribution in [3.05, 3.63) is 0 Å². The molecule has 1 saturated heterocycles. The van der Waals surface area contributed by atoms with Crippen molar-refractivity contribution < 1.29 is 40.2 Å². The number of rotatable bonds is 3. The van der Waals surface area contributed by atoms with Gasteiger partial charge in [0.1, 0.15) is 18.3 Å². The SMILES string of the molecule is O=C(O)[C@]1(O)C[C@@H](O)[C@@H](O)C([C@H](O)CO)O1. The predicted octanol–water partition coefficient (Wildman–Crippen LogP) is -3.38. The number of carbonyl (C=O) groups is 1. The monoisotopic (exact) mass is 238 g/mol. The summed E-state index contributed by atoms with van der Waals surface area (Å²) < 4.78 is 4.61. The van der Waals surface area contributed by atoms with Crippen LogP contribution in [0.15, 0.2) is 0 Å². The second-order valence-electron chi connectivity index (χ2n) is 3.68. The highest BCUT2D eigenvalue weighted by molar-refractivity contribution is 5.75. The van der Waals surface area contributed by atoms with Crippen molar-refractivity contribution >= 4 is 5.97 Å². The largest absolute Gasteiger partial charge is 0.477 e. The van der Waals surface area contributed by atoms with Crippen LogP contribution in [0.2, 0.25) is 0 Å². The van der Waals surface area contributed by atoms with Crippen molar-refractivity contribution in [3.63, 3.8) is 0 Å². The molecule has 1 aliphatic rings. The van der Waals surface area contributed by atoms with E-state index in [2.05, 4.69) is 4.74 Å². The van der Waals surface area contributed by atoms with E-state index in [0.717, 1.165) is 0 Å². The summed E-state index contributed by atoms with van der Waals surface area (Å²) in [5.41, 5.74) is 0. The van der Waals surface area contributed by atoms with Crippen molar-refractivity contribution in [1.29, 1.82) is 0 Å². The van der Waals surface area contributed by atoms with Crippen molar-refractivity contribution in [2.24, 2.45) is 0 Å². The first-order chi connectivity index (χ1) is 7.31. The van der Waals surface area contributed by atoms with E-state index < -0.39 is 49.2 Å². The number of carboxylic acids is 1. The van der Waals surface area contributed by atoms with Gasteiger partial charge in [-0.15, -0.1) is 0 Å². The minimum atomic E-state index is -2.68. The van der Waals surface area contributed by atoms with E-state index in [0.29, 0.717) is 0 Å². The Morgan fingerprint density at radius 1 is 1.50 bits per heavy atom. The lowest BCUT2D eigenvalue weighted by atomic mass is 9.93. The minimum absolute atomic E-state index is 0.724. The van der Waals surface area contributed by atoms with Gasteiger partial charge in [0.2, 0.25) is 0 Å². The van der Waals surface area contributed by atoms with Gasteiger partial charge in [-0.2, -0.15) is 0 Å². The fourth-order valence-corrected chi connectivity index (χ4v) is 1.51. The van der Waals surface area contributed by atoms with Gasteiger partial charge in [0.15, 0.2) is 0 Å². The van der Waals surface area contributed by atoms with E-state index in [1.807, 2.05) is 0 Å². The zero-order valence-corrected chi connectivity index (χ0v) is 8.22. The Kier molecular flexibility index (Phi) is 3.84. The van der Waals surface area contributed by atoms with Gasteiger partial charge in [0.25, 0.3) is 5.79 Å². The molecule has 1 aliphatic heterocycles. The standard InChI is InChI=1S/C8H14O8/c9-2-4(11)6-5(12)3(10)1-8(15,16-6)7(13)14/h3-6,9-12,15H,1-2H2,(H,13,14)/t3-,4-,5-,6?,8+/m1/s1. The van der Waals surface area contributed by atoms with Gasteiger partial charge in [0, 0.05) is 6.42 Å². The Morgan fingerprint density at radius 3 is 2.50 bits per heavy atom. The Balaban J connectivity index is 2.89. The Morgan fingerprint density at radius 2 is 2.06 bits per heavy atom. The molecule has 8 heteroatoms. The lowest BCUT2D eigenvalue weighted by molar-refractivity contribution is -0.308. The van der Waals surface area contributed by atoms with Gasteiger partial charge in [-0.25, -0.2) is 4.79 Å². The predicted molar refractivity (Wildman–Crippen MR) is 47.2 cm³/mol. The summed E-state index contributed by atoms with van der Waals surface area (Å²) in [5, 5.41) is 54.7. The molecule has 16 heavy (non-hydrogen) atoms. The molecule has 0 bridgehead atoms. The number of hydrogen-bond donors (Lipinski definition) is 6. The number of aliphatic carboxylic acids is 1. The van der Waals surface area contributed by atoms with Crippen molar-refractivity contribution in [1.82, 2.24) is 0 Å². The molecule has 0 aromatic heterocycles. The van der Waals surface area contributed by atoms with Crippen molar-refractivity contribution in [3.8, 4) is 0 Å². The van der Waals surface area contributed by atoms with Crippen LogP contribution in [0.5, 0.6) is 0 Å². The quantitative estimate of drug-likeness (QED) is 0.298. The molecule has 6 N–H and O–H groups in total. The number of hydrogen-bond acceptors (Lipinski definition) is 7. The highest BCUT2D eigenvalue weighted by Gasteiger charge is 2.52. The first kappa shape index (κ1) is 13.3. The van der Waals surface area contributed by atoms with Crippen LogP contribution in [-0.2, 0) is 9.53 Å². The highest BCUT2D eigenvalue weighted by Crippen LogP contribution is 2.29. The van der Waals surface area contributed by atoms with E-state index >= 15 is 0 Å². The number of aliphatic hydroxyl groups is 5. The molecule has 8 nitrogen and oxygen atoms in total. The molecule has 94 valence electrons. The van der Waals surface area contributed by atoms with E-state index in [9.17, 15) is 25.2 Å². The molecule has 0 saturated carbocycles. The zero-order chi connectivity index (χ0) is 12.5. The summed E-state index contributed by atoms with van der Waals surface area (Å²) in [5.74, 6) is -4.42. The van der Waals surface area contributed by atoms with Gasteiger partial charge in [-0.1, -0.05) is 0 Å². The summed E-state index contributed by atoms with van der Waals surface area (Å²) in [4.78, 5) is 10.7. The maximum atomic E-state index is 10.7. The molecule has 0 aromatic rings. The van der Waals surface area contributed by atoms with Gasteiger partial charge in [-0.3, -0.25) is 0 Å². The van der Waals surface area contributed by atoms with Crippen LogP contribution in [-0.4, -0.2) is 73.4 Å². The van der Waals surface area contributed by atoms with Gasteiger partial charge in [0.05, 0.1) is 12.7 Å². The number of ether oxygens (including phenoxy) is 1. The summed E-state index contributed by atoms with van der Waals surface area (Å²) in [6, 6.07) is 0. The molecule has 1 fully saturated rings. The maximum Gasteiger partial charge on any atom is 0.364 e. The molecule has 1 rings (SSSR count). The van der Waals surface area contributed by atoms with Crippen molar-refractivity contribution in [2.45, 2.75) is 36.6 Å².